The van der Waals surface area contributed by atoms with E-state index in [4.69, 9.17) is 10.5 Å². The number of nitrogens with two attached hydrogens (primary N) is 1. The SMILES string of the molecule is CC(C)OCCN(C)Cc1cccc(F)c1N. The summed E-state index contributed by atoms with van der Waals surface area (Å²) in [7, 11) is 1.97. The average Bonchev–Trinajstić information content (AvgIpc) is 2.24. The van der Waals surface area contributed by atoms with Gasteiger partial charge in [-0.15, -0.1) is 0 Å². The lowest BCUT2D eigenvalue weighted by Crippen LogP contribution is -2.24. The van der Waals surface area contributed by atoms with Crippen LogP contribution in [0.1, 0.15) is 19.4 Å². The number of hydrogen-bond acceptors (Lipinski definition) is 3. The molecule has 2 N–H and O–H groups in total. The molecule has 0 aliphatic rings. The molecule has 0 saturated carbocycles. The lowest BCUT2D eigenvalue weighted by atomic mass is 10.1. The van der Waals surface area contributed by atoms with Crippen molar-refractivity contribution in [3.63, 3.8) is 0 Å². The second-order valence-electron chi connectivity index (χ2n) is 4.47. The van der Waals surface area contributed by atoms with Gasteiger partial charge in [0.2, 0.25) is 0 Å². The van der Waals surface area contributed by atoms with Gasteiger partial charge in [0.15, 0.2) is 0 Å². The van der Waals surface area contributed by atoms with Crippen LogP contribution in [0.2, 0.25) is 0 Å². The third kappa shape index (κ3) is 4.71. The van der Waals surface area contributed by atoms with E-state index in [-0.39, 0.29) is 17.6 Å². The molecule has 3 nitrogen and oxygen atoms in total. The first-order valence-corrected chi connectivity index (χ1v) is 5.83. The first-order valence-electron chi connectivity index (χ1n) is 5.83. The lowest BCUT2D eigenvalue weighted by Gasteiger charge is -2.18. The highest BCUT2D eigenvalue weighted by Gasteiger charge is 2.07. The quantitative estimate of drug-likeness (QED) is 0.775. The molecule has 1 aromatic rings. The highest BCUT2D eigenvalue weighted by Crippen LogP contribution is 2.16. The zero-order valence-electron chi connectivity index (χ0n) is 10.7. The first-order chi connectivity index (χ1) is 8.00. The van der Waals surface area contributed by atoms with E-state index < -0.39 is 0 Å². The van der Waals surface area contributed by atoms with Crippen LogP contribution < -0.4 is 5.73 Å². The normalized spacial score (nSPS) is 11.4. The van der Waals surface area contributed by atoms with Gasteiger partial charge in [0, 0.05) is 13.1 Å². The molecular formula is C13H21FN2O. The van der Waals surface area contributed by atoms with E-state index >= 15 is 0 Å². The molecule has 0 fully saturated rings. The molecular weight excluding hydrogens is 219 g/mol. The van der Waals surface area contributed by atoms with Gasteiger partial charge >= 0.3 is 0 Å². The maximum atomic E-state index is 13.2. The Labute approximate surface area is 102 Å². The molecule has 0 heterocycles. The number of halogens is 1. The molecule has 1 rings (SSSR count). The summed E-state index contributed by atoms with van der Waals surface area (Å²) in [4.78, 5) is 2.06. The van der Waals surface area contributed by atoms with Crippen LogP contribution in [0.25, 0.3) is 0 Å². The Morgan fingerprint density at radius 3 is 2.76 bits per heavy atom. The van der Waals surface area contributed by atoms with Crippen LogP contribution in [-0.2, 0) is 11.3 Å². The van der Waals surface area contributed by atoms with E-state index in [0.29, 0.717) is 13.2 Å². The second kappa shape index (κ2) is 6.57. The molecule has 0 radical (unpaired) electrons. The van der Waals surface area contributed by atoms with Gasteiger partial charge in [-0.25, -0.2) is 4.39 Å². The van der Waals surface area contributed by atoms with Crippen LogP contribution >= 0.6 is 0 Å². The van der Waals surface area contributed by atoms with Crippen molar-refractivity contribution in [3.05, 3.63) is 29.6 Å². The second-order valence-corrected chi connectivity index (χ2v) is 4.47. The molecule has 0 aliphatic heterocycles. The summed E-state index contributed by atoms with van der Waals surface area (Å²) < 4.78 is 18.7. The van der Waals surface area contributed by atoms with Crippen molar-refractivity contribution in [1.29, 1.82) is 0 Å². The fourth-order valence-electron chi connectivity index (χ4n) is 1.53. The molecule has 96 valence electrons. The van der Waals surface area contributed by atoms with Gasteiger partial charge in [0.25, 0.3) is 0 Å². The van der Waals surface area contributed by atoms with Crippen molar-refractivity contribution < 1.29 is 9.13 Å². The minimum atomic E-state index is -0.352. The van der Waals surface area contributed by atoms with Crippen LogP contribution in [0.3, 0.4) is 0 Å². The molecule has 0 spiro atoms. The van der Waals surface area contributed by atoms with Gasteiger partial charge in [0.05, 0.1) is 18.4 Å². The van der Waals surface area contributed by atoms with Crippen LogP contribution in [0.5, 0.6) is 0 Å². The molecule has 0 saturated heterocycles. The number of para-hydroxylation sites is 1. The zero-order chi connectivity index (χ0) is 12.8. The number of nitrogens with zero attached hydrogens (tertiary/aromatic N) is 1. The molecule has 0 unspecified atom stereocenters. The molecule has 0 bridgehead atoms. The Morgan fingerprint density at radius 1 is 1.41 bits per heavy atom. The summed E-state index contributed by atoms with van der Waals surface area (Å²) in [5.74, 6) is -0.352. The lowest BCUT2D eigenvalue weighted by molar-refractivity contribution is 0.0627. The molecule has 0 atom stereocenters. The molecule has 0 aliphatic carbocycles. The molecule has 1 aromatic carbocycles. The van der Waals surface area contributed by atoms with Crippen LogP contribution in [0, 0.1) is 5.82 Å². The highest BCUT2D eigenvalue weighted by molar-refractivity contribution is 5.47. The van der Waals surface area contributed by atoms with Crippen LogP contribution in [0.4, 0.5) is 10.1 Å². The van der Waals surface area contributed by atoms with Crippen LogP contribution in [-0.4, -0.2) is 31.2 Å². The summed E-state index contributed by atoms with van der Waals surface area (Å²) in [6.07, 6.45) is 0.239. The summed E-state index contributed by atoms with van der Waals surface area (Å²) in [5, 5.41) is 0. The Balaban J connectivity index is 2.45. The third-order valence-electron chi connectivity index (χ3n) is 2.51. The Morgan fingerprint density at radius 2 is 2.12 bits per heavy atom. The number of benzene rings is 1. The smallest absolute Gasteiger partial charge is 0.146 e. The van der Waals surface area contributed by atoms with E-state index in [0.717, 1.165) is 12.1 Å². The van der Waals surface area contributed by atoms with Gasteiger partial charge in [-0.2, -0.15) is 0 Å². The zero-order valence-corrected chi connectivity index (χ0v) is 10.7. The predicted molar refractivity (Wildman–Crippen MR) is 68.2 cm³/mol. The number of likely N-dealkylation sites (N-methyl/N-ethyl adjacent to an activating group) is 1. The maximum absolute atomic E-state index is 13.2. The van der Waals surface area contributed by atoms with Gasteiger partial charge < -0.3 is 10.5 Å². The van der Waals surface area contributed by atoms with Gasteiger partial charge in [0.1, 0.15) is 5.82 Å². The first kappa shape index (κ1) is 13.9. The maximum Gasteiger partial charge on any atom is 0.146 e. The molecule has 0 aromatic heterocycles. The number of anilines is 1. The van der Waals surface area contributed by atoms with E-state index in [2.05, 4.69) is 4.90 Å². The monoisotopic (exact) mass is 240 g/mol. The number of hydrogen-bond donors (Lipinski definition) is 1. The minimum absolute atomic E-state index is 0.239. The molecule has 0 amide bonds. The fourth-order valence-corrected chi connectivity index (χ4v) is 1.53. The Hall–Kier alpha value is -1.13. The van der Waals surface area contributed by atoms with Crippen molar-refractivity contribution in [2.75, 3.05) is 25.9 Å². The van der Waals surface area contributed by atoms with E-state index in [9.17, 15) is 4.39 Å². The largest absolute Gasteiger partial charge is 0.396 e. The number of nitrogen functional groups attached to an aromatic ring is 1. The topological polar surface area (TPSA) is 38.5 Å². The highest BCUT2D eigenvalue weighted by atomic mass is 19.1. The Kier molecular flexibility index (Phi) is 5.38. The summed E-state index contributed by atoms with van der Waals surface area (Å²) >= 11 is 0. The molecule has 17 heavy (non-hydrogen) atoms. The number of rotatable bonds is 6. The standard InChI is InChI=1S/C13H21FN2O/c1-10(2)17-8-7-16(3)9-11-5-4-6-12(14)13(11)15/h4-6,10H,7-9,15H2,1-3H3. The van der Waals surface area contributed by atoms with Crippen molar-refractivity contribution in [2.24, 2.45) is 0 Å². The predicted octanol–water partition coefficient (Wildman–Crippen LogP) is 2.26. The minimum Gasteiger partial charge on any atom is -0.396 e. The molecule has 4 heteroatoms. The van der Waals surface area contributed by atoms with Crippen LogP contribution in [0.15, 0.2) is 18.2 Å². The summed E-state index contributed by atoms with van der Waals surface area (Å²) in [6, 6.07) is 4.90. The average molecular weight is 240 g/mol. The van der Waals surface area contributed by atoms with E-state index in [1.807, 2.05) is 27.0 Å². The number of ether oxygens (including phenoxy) is 1. The Bertz CT molecular complexity index is 355. The summed E-state index contributed by atoms with van der Waals surface area (Å²) in [5.41, 5.74) is 6.73. The van der Waals surface area contributed by atoms with E-state index in [1.54, 1.807) is 6.07 Å². The third-order valence-corrected chi connectivity index (χ3v) is 2.51. The van der Waals surface area contributed by atoms with Crippen molar-refractivity contribution >= 4 is 5.69 Å². The van der Waals surface area contributed by atoms with Gasteiger partial charge in [-0.3, -0.25) is 4.90 Å². The van der Waals surface area contributed by atoms with E-state index in [1.165, 1.54) is 6.07 Å². The summed E-state index contributed by atoms with van der Waals surface area (Å²) in [6.45, 7) is 6.11. The fraction of sp³-hybridized carbons (Fsp3) is 0.538. The van der Waals surface area contributed by atoms with Crippen molar-refractivity contribution in [2.45, 2.75) is 26.5 Å². The van der Waals surface area contributed by atoms with Gasteiger partial charge in [-0.1, -0.05) is 12.1 Å². The van der Waals surface area contributed by atoms with Gasteiger partial charge in [-0.05, 0) is 32.5 Å². The van der Waals surface area contributed by atoms with Crippen molar-refractivity contribution in [3.8, 4) is 0 Å². The van der Waals surface area contributed by atoms with Crippen molar-refractivity contribution in [1.82, 2.24) is 4.90 Å².